The van der Waals surface area contributed by atoms with Crippen LogP contribution in [0, 0.1) is 0 Å². The maximum absolute atomic E-state index is 3.38. The summed E-state index contributed by atoms with van der Waals surface area (Å²) < 4.78 is 4.47. The Labute approximate surface area is 137 Å². The van der Waals surface area contributed by atoms with Gasteiger partial charge in [0, 0.05) is 0 Å². The van der Waals surface area contributed by atoms with E-state index in [4.69, 9.17) is 0 Å². The molecule has 0 aromatic heterocycles. The Hall–Kier alpha value is -0.792. The molecule has 2 heteroatoms. The van der Waals surface area contributed by atoms with E-state index >= 15 is 0 Å². The first kappa shape index (κ1) is 15.1. The average Bonchev–Trinajstić information content (AvgIpc) is 2.57. The van der Waals surface area contributed by atoms with Gasteiger partial charge >= 0.3 is 138 Å². The Morgan fingerprint density at radius 3 is 1.00 bits per heavy atom. The van der Waals surface area contributed by atoms with Crippen molar-refractivity contribution in [3.63, 3.8) is 0 Å². The molecule has 0 spiro atoms. The molecule has 0 amide bonds. The third-order valence-electron chi connectivity index (χ3n) is 4.11. The Balaban J connectivity index is 2.36. The van der Waals surface area contributed by atoms with E-state index in [2.05, 4.69) is 114 Å². The summed E-state index contributed by atoms with van der Waals surface area (Å²) in [4.78, 5) is 2.51. The van der Waals surface area contributed by atoms with Crippen molar-refractivity contribution in [2.75, 3.05) is 0 Å². The zero-order valence-electron chi connectivity index (χ0n) is 12.0. The third-order valence-corrected chi connectivity index (χ3v) is 28.4. The number of hydrogen-bond acceptors (Lipinski definition) is 0. The van der Waals surface area contributed by atoms with Gasteiger partial charge < -0.3 is 0 Å². The van der Waals surface area contributed by atoms with E-state index in [1.165, 1.54) is 10.5 Å². The molecule has 0 nitrogen and oxygen atoms in total. The standard InChI is InChI=1S/3C6H5.CH3.HI.Sb/c3*1-2-4-6-5-3-1;;;/h3*1-5H;1H3;1H;/q;;;;;+1/p-1. The SMILES string of the molecule is [CH3][Sb]([I])([c]1ccccc1)([c]1ccccc1)[c]1ccccc1. The summed E-state index contributed by atoms with van der Waals surface area (Å²) >= 11 is -0.567. The van der Waals surface area contributed by atoms with Gasteiger partial charge in [0.15, 0.2) is 0 Å². The Kier molecular flexibility index (Phi) is 4.16. The van der Waals surface area contributed by atoms with Gasteiger partial charge in [0.25, 0.3) is 0 Å². The summed E-state index contributed by atoms with van der Waals surface area (Å²) in [6.07, 6.45) is 0. The number of benzene rings is 3. The molecule has 0 aliphatic carbocycles. The minimum atomic E-state index is -3.38. The van der Waals surface area contributed by atoms with E-state index in [-0.39, 0.29) is 0 Å². The van der Waals surface area contributed by atoms with E-state index < -0.39 is 13.4 Å². The third kappa shape index (κ3) is 2.55. The first-order valence-corrected chi connectivity index (χ1v) is 20.8. The van der Waals surface area contributed by atoms with E-state index in [1.807, 2.05) is 0 Å². The Morgan fingerprint density at radius 2 is 0.762 bits per heavy atom. The zero-order chi connectivity index (χ0) is 14.8. The predicted octanol–water partition coefficient (Wildman–Crippen LogP) is 3.67. The molecule has 21 heavy (non-hydrogen) atoms. The average molecular weight is 495 g/mol. The van der Waals surface area contributed by atoms with Gasteiger partial charge in [-0.2, -0.15) is 0 Å². The van der Waals surface area contributed by atoms with Crippen LogP contribution in [0.3, 0.4) is 0 Å². The summed E-state index contributed by atoms with van der Waals surface area (Å²) in [5.41, 5.74) is 0. The summed E-state index contributed by atoms with van der Waals surface area (Å²) in [5.74, 6) is 0. The van der Waals surface area contributed by atoms with Crippen LogP contribution in [0.4, 0.5) is 0 Å². The molecule has 0 aliphatic heterocycles. The van der Waals surface area contributed by atoms with Crippen molar-refractivity contribution in [3.05, 3.63) is 91.0 Å². The van der Waals surface area contributed by atoms with Crippen molar-refractivity contribution < 1.29 is 0 Å². The minimum absolute atomic E-state index is 1.49. The first-order valence-electron chi connectivity index (χ1n) is 7.02. The number of rotatable bonds is 3. The molecular weight excluding hydrogens is 477 g/mol. The number of hydrogen-bond donors (Lipinski definition) is 0. The molecule has 0 saturated heterocycles. The molecular formula is C19H18ISb. The number of halogens is 1. The zero-order valence-corrected chi connectivity index (χ0v) is 16.7. The van der Waals surface area contributed by atoms with E-state index in [9.17, 15) is 0 Å². The summed E-state index contributed by atoms with van der Waals surface area (Å²) in [7, 11) is 0. The normalized spacial score (nSPS) is 13.3. The molecule has 3 rings (SSSR count). The summed E-state index contributed by atoms with van der Waals surface area (Å²) in [6, 6.07) is 33.1. The van der Waals surface area contributed by atoms with Crippen molar-refractivity contribution in [1.82, 2.24) is 0 Å². The van der Waals surface area contributed by atoms with Crippen molar-refractivity contribution in [2.45, 2.75) is 4.87 Å². The van der Waals surface area contributed by atoms with Gasteiger partial charge in [-0.25, -0.2) is 0 Å². The molecule has 0 heterocycles. The van der Waals surface area contributed by atoms with Gasteiger partial charge in [-0.05, 0) is 0 Å². The quantitative estimate of drug-likeness (QED) is 0.385. The fraction of sp³-hybridized carbons (Fsp3) is 0.0526. The van der Waals surface area contributed by atoms with Crippen LogP contribution in [0.1, 0.15) is 0 Å². The van der Waals surface area contributed by atoms with Crippen molar-refractivity contribution >= 4 is 42.4 Å². The van der Waals surface area contributed by atoms with Gasteiger partial charge in [-0.15, -0.1) is 0 Å². The van der Waals surface area contributed by atoms with Crippen LogP contribution in [0.2, 0.25) is 4.87 Å². The van der Waals surface area contributed by atoms with Gasteiger partial charge in [-0.3, -0.25) is 0 Å². The first-order chi connectivity index (χ1) is 10.1. The molecule has 0 aliphatic rings. The van der Waals surface area contributed by atoms with Crippen molar-refractivity contribution in [2.24, 2.45) is 0 Å². The van der Waals surface area contributed by atoms with E-state index in [0.717, 1.165) is 0 Å². The molecule has 0 radical (unpaired) electrons. The molecule has 0 saturated carbocycles. The fourth-order valence-corrected chi connectivity index (χ4v) is 19.4. The van der Waals surface area contributed by atoms with Crippen LogP contribution < -0.4 is 10.5 Å². The molecule has 0 unspecified atom stereocenters. The van der Waals surface area contributed by atoms with Gasteiger partial charge in [-0.1, -0.05) is 0 Å². The van der Waals surface area contributed by atoms with Crippen molar-refractivity contribution in [1.29, 1.82) is 0 Å². The topological polar surface area (TPSA) is 0 Å². The monoisotopic (exact) mass is 494 g/mol. The van der Waals surface area contributed by atoms with Gasteiger partial charge in [0.1, 0.15) is 0 Å². The fourth-order valence-electron chi connectivity index (χ4n) is 2.79. The molecule has 0 atom stereocenters. The van der Waals surface area contributed by atoms with Crippen LogP contribution in [0.5, 0.6) is 0 Å². The second-order valence-corrected chi connectivity index (χ2v) is 34.2. The Bertz CT molecular complexity index is 618. The van der Waals surface area contributed by atoms with E-state index in [0.29, 0.717) is 0 Å². The van der Waals surface area contributed by atoms with Crippen LogP contribution >= 0.6 is 18.5 Å². The molecule has 0 fully saturated rings. The van der Waals surface area contributed by atoms with Crippen LogP contribution in [0.15, 0.2) is 91.0 Å². The molecule has 3 aromatic rings. The molecule has 106 valence electrons. The maximum atomic E-state index is 2.81. The van der Waals surface area contributed by atoms with Crippen LogP contribution in [0.25, 0.3) is 0 Å². The second-order valence-electron chi connectivity index (χ2n) is 5.44. The predicted molar refractivity (Wildman–Crippen MR) is 104 cm³/mol. The van der Waals surface area contributed by atoms with Crippen molar-refractivity contribution in [3.8, 4) is 0 Å². The van der Waals surface area contributed by atoms with Gasteiger partial charge in [0.05, 0.1) is 0 Å². The summed E-state index contributed by atoms with van der Waals surface area (Å²) in [6.45, 7) is 0. The molecule has 0 N–H and O–H groups in total. The van der Waals surface area contributed by atoms with Gasteiger partial charge in [0.2, 0.25) is 0 Å². The Morgan fingerprint density at radius 1 is 0.524 bits per heavy atom. The second kappa shape index (κ2) is 5.77. The molecule has 0 bridgehead atoms. The molecule has 3 aromatic carbocycles. The van der Waals surface area contributed by atoms with Crippen LogP contribution in [-0.2, 0) is 0 Å². The van der Waals surface area contributed by atoms with Crippen LogP contribution in [-0.4, -0.2) is 13.4 Å². The van der Waals surface area contributed by atoms with E-state index in [1.54, 1.807) is 0 Å². The summed E-state index contributed by atoms with van der Waals surface area (Å²) in [5, 5.41) is 0.